The molecule has 1 aliphatic carbocycles. The van der Waals surface area contributed by atoms with Gasteiger partial charge in [0.05, 0.1) is 12.0 Å². The molecule has 0 saturated heterocycles. The van der Waals surface area contributed by atoms with Crippen molar-refractivity contribution in [1.82, 2.24) is 5.32 Å². The molecule has 0 aromatic heterocycles. The zero-order valence-electron chi connectivity index (χ0n) is 6.43. The third kappa shape index (κ3) is 1.48. The Kier molecular flexibility index (Phi) is 2.70. The van der Waals surface area contributed by atoms with E-state index < -0.39 is 0 Å². The molecule has 1 aliphatic rings. The molecule has 1 fully saturated rings. The second kappa shape index (κ2) is 3.58. The van der Waals surface area contributed by atoms with Gasteiger partial charge in [0.1, 0.15) is 0 Å². The SMILES string of the molecule is CNC1CCCCC1C#N. The molecule has 0 bridgehead atoms. The van der Waals surface area contributed by atoms with E-state index in [0.29, 0.717) is 6.04 Å². The highest BCUT2D eigenvalue weighted by Crippen LogP contribution is 2.22. The van der Waals surface area contributed by atoms with Gasteiger partial charge in [0, 0.05) is 6.04 Å². The van der Waals surface area contributed by atoms with Crippen LogP contribution >= 0.6 is 0 Å². The minimum atomic E-state index is 0.263. The summed E-state index contributed by atoms with van der Waals surface area (Å²) in [5.41, 5.74) is 0. The van der Waals surface area contributed by atoms with Gasteiger partial charge in [-0.25, -0.2) is 0 Å². The highest BCUT2D eigenvalue weighted by molar-refractivity contribution is 4.93. The molecule has 1 saturated carbocycles. The zero-order valence-corrected chi connectivity index (χ0v) is 6.43. The average molecular weight is 138 g/mol. The van der Waals surface area contributed by atoms with Gasteiger partial charge in [-0.1, -0.05) is 12.8 Å². The maximum atomic E-state index is 8.70. The molecule has 0 aromatic rings. The van der Waals surface area contributed by atoms with Crippen LogP contribution in [0.5, 0.6) is 0 Å². The van der Waals surface area contributed by atoms with E-state index in [1.165, 1.54) is 19.3 Å². The number of nitrogens with zero attached hydrogens (tertiary/aromatic N) is 1. The van der Waals surface area contributed by atoms with Crippen molar-refractivity contribution in [3.8, 4) is 6.07 Å². The molecule has 10 heavy (non-hydrogen) atoms. The van der Waals surface area contributed by atoms with Gasteiger partial charge < -0.3 is 5.32 Å². The predicted octanol–water partition coefficient (Wildman–Crippen LogP) is 1.29. The summed E-state index contributed by atoms with van der Waals surface area (Å²) >= 11 is 0. The molecule has 0 aromatic carbocycles. The van der Waals surface area contributed by atoms with Crippen LogP contribution < -0.4 is 5.32 Å². The Balaban J connectivity index is 2.44. The van der Waals surface area contributed by atoms with Crippen molar-refractivity contribution in [3.63, 3.8) is 0 Å². The summed E-state index contributed by atoms with van der Waals surface area (Å²) in [4.78, 5) is 0. The Hall–Kier alpha value is -0.550. The lowest BCUT2D eigenvalue weighted by molar-refractivity contribution is 0.328. The Labute approximate surface area is 62.2 Å². The molecule has 1 rings (SSSR count). The van der Waals surface area contributed by atoms with E-state index in [-0.39, 0.29) is 5.92 Å². The Bertz CT molecular complexity index is 137. The fourth-order valence-electron chi connectivity index (χ4n) is 1.63. The van der Waals surface area contributed by atoms with E-state index in [4.69, 9.17) is 5.26 Å². The first-order valence-corrected chi connectivity index (χ1v) is 3.95. The second-order valence-electron chi connectivity index (χ2n) is 2.92. The number of rotatable bonds is 1. The summed E-state index contributed by atoms with van der Waals surface area (Å²) in [7, 11) is 1.94. The van der Waals surface area contributed by atoms with E-state index >= 15 is 0 Å². The highest BCUT2D eigenvalue weighted by Gasteiger charge is 2.22. The molecule has 2 unspecified atom stereocenters. The molecule has 2 heteroatoms. The summed E-state index contributed by atoms with van der Waals surface area (Å²) in [5.74, 6) is 0.263. The van der Waals surface area contributed by atoms with Crippen LogP contribution in [0, 0.1) is 17.2 Å². The molecular formula is C8H14N2. The predicted molar refractivity (Wildman–Crippen MR) is 40.4 cm³/mol. The Morgan fingerprint density at radius 1 is 1.40 bits per heavy atom. The van der Waals surface area contributed by atoms with Crippen LogP contribution in [0.1, 0.15) is 25.7 Å². The number of hydrogen-bond donors (Lipinski definition) is 1. The summed E-state index contributed by atoms with van der Waals surface area (Å²) in [6.45, 7) is 0. The van der Waals surface area contributed by atoms with Gasteiger partial charge in [-0.3, -0.25) is 0 Å². The van der Waals surface area contributed by atoms with E-state index in [1.54, 1.807) is 0 Å². The topological polar surface area (TPSA) is 35.8 Å². The third-order valence-electron chi connectivity index (χ3n) is 2.30. The van der Waals surface area contributed by atoms with Gasteiger partial charge >= 0.3 is 0 Å². The van der Waals surface area contributed by atoms with Gasteiger partial charge in [0.15, 0.2) is 0 Å². The molecule has 56 valence electrons. The molecular weight excluding hydrogens is 124 g/mol. The van der Waals surface area contributed by atoms with Crippen molar-refractivity contribution in [2.75, 3.05) is 7.05 Å². The van der Waals surface area contributed by atoms with E-state index in [9.17, 15) is 0 Å². The maximum absolute atomic E-state index is 8.70. The van der Waals surface area contributed by atoms with Crippen molar-refractivity contribution in [1.29, 1.82) is 5.26 Å². The standard InChI is InChI=1S/C8H14N2/c1-10-8-5-3-2-4-7(8)6-9/h7-8,10H,2-5H2,1H3. The van der Waals surface area contributed by atoms with E-state index in [1.807, 2.05) is 7.05 Å². The fraction of sp³-hybridized carbons (Fsp3) is 0.875. The van der Waals surface area contributed by atoms with Crippen LogP contribution in [0.2, 0.25) is 0 Å². The van der Waals surface area contributed by atoms with Crippen molar-refractivity contribution >= 4 is 0 Å². The number of hydrogen-bond acceptors (Lipinski definition) is 2. The Morgan fingerprint density at radius 2 is 2.10 bits per heavy atom. The molecule has 2 nitrogen and oxygen atoms in total. The molecule has 0 spiro atoms. The molecule has 1 N–H and O–H groups in total. The van der Waals surface area contributed by atoms with Crippen LogP contribution in [-0.4, -0.2) is 13.1 Å². The maximum Gasteiger partial charge on any atom is 0.0672 e. The monoisotopic (exact) mass is 138 g/mol. The number of nitriles is 1. The second-order valence-corrected chi connectivity index (χ2v) is 2.92. The molecule has 2 atom stereocenters. The first-order chi connectivity index (χ1) is 4.88. The molecule has 0 radical (unpaired) electrons. The van der Waals surface area contributed by atoms with Gasteiger partial charge in [-0.05, 0) is 19.9 Å². The summed E-state index contributed by atoms with van der Waals surface area (Å²) < 4.78 is 0. The van der Waals surface area contributed by atoms with Gasteiger partial charge in [0.2, 0.25) is 0 Å². The molecule has 0 heterocycles. The summed E-state index contributed by atoms with van der Waals surface area (Å²) in [5, 5.41) is 11.9. The van der Waals surface area contributed by atoms with Crippen LogP contribution in [0.3, 0.4) is 0 Å². The van der Waals surface area contributed by atoms with Crippen molar-refractivity contribution in [2.24, 2.45) is 5.92 Å². The van der Waals surface area contributed by atoms with Crippen LogP contribution in [-0.2, 0) is 0 Å². The minimum Gasteiger partial charge on any atom is -0.316 e. The van der Waals surface area contributed by atoms with Crippen molar-refractivity contribution in [3.05, 3.63) is 0 Å². The largest absolute Gasteiger partial charge is 0.316 e. The van der Waals surface area contributed by atoms with Crippen molar-refractivity contribution < 1.29 is 0 Å². The average Bonchev–Trinajstić information content (AvgIpc) is 2.04. The van der Waals surface area contributed by atoms with Crippen molar-refractivity contribution in [2.45, 2.75) is 31.7 Å². The highest BCUT2D eigenvalue weighted by atomic mass is 14.9. The zero-order chi connectivity index (χ0) is 7.40. The quantitative estimate of drug-likeness (QED) is 0.592. The number of nitrogens with one attached hydrogen (secondary N) is 1. The lowest BCUT2D eigenvalue weighted by Crippen LogP contribution is -2.35. The normalized spacial score (nSPS) is 33.2. The first-order valence-electron chi connectivity index (χ1n) is 3.95. The lowest BCUT2D eigenvalue weighted by Gasteiger charge is -2.25. The third-order valence-corrected chi connectivity index (χ3v) is 2.30. The first kappa shape index (κ1) is 7.56. The fourth-order valence-corrected chi connectivity index (χ4v) is 1.63. The van der Waals surface area contributed by atoms with Gasteiger partial charge in [-0.2, -0.15) is 5.26 Å². The molecule has 0 aliphatic heterocycles. The van der Waals surface area contributed by atoms with Gasteiger partial charge in [-0.15, -0.1) is 0 Å². The van der Waals surface area contributed by atoms with E-state index in [2.05, 4.69) is 11.4 Å². The summed E-state index contributed by atoms with van der Waals surface area (Å²) in [6.07, 6.45) is 4.77. The van der Waals surface area contributed by atoms with Gasteiger partial charge in [0.25, 0.3) is 0 Å². The minimum absolute atomic E-state index is 0.263. The lowest BCUT2D eigenvalue weighted by atomic mass is 9.86. The molecule has 0 amide bonds. The van der Waals surface area contributed by atoms with Crippen LogP contribution in [0.25, 0.3) is 0 Å². The smallest absolute Gasteiger partial charge is 0.0672 e. The van der Waals surface area contributed by atoms with Crippen LogP contribution in [0.4, 0.5) is 0 Å². The Morgan fingerprint density at radius 3 is 2.60 bits per heavy atom. The van der Waals surface area contributed by atoms with Crippen LogP contribution in [0.15, 0.2) is 0 Å². The van der Waals surface area contributed by atoms with E-state index in [0.717, 1.165) is 6.42 Å². The summed E-state index contributed by atoms with van der Waals surface area (Å²) in [6, 6.07) is 2.80.